The summed E-state index contributed by atoms with van der Waals surface area (Å²) in [6.07, 6.45) is 4.12. The molecule has 3 N–H and O–H groups in total. The topological polar surface area (TPSA) is 58.3 Å². The molecule has 0 fully saturated rings. The van der Waals surface area contributed by atoms with Crippen LogP contribution in [0.5, 0.6) is 0 Å². The first-order chi connectivity index (χ1) is 27.8. The molecule has 56 heavy (non-hydrogen) atoms. The maximum atomic E-state index is 5.31. The molecule has 0 amide bonds. The number of hydrogen-bond donors (Lipinski definition) is 3. The second kappa shape index (κ2) is 13.3. The molecule has 7 aromatic carbocycles. The van der Waals surface area contributed by atoms with Gasteiger partial charge in [-0.25, -0.2) is 4.99 Å². The molecule has 0 spiro atoms. The minimum Gasteiger partial charge on any atom is -0.368 e. The predicted molar refractivity (Wildman–Crippen MR) is 232 cm³/mol. The van der Waals surface area contributed by atoms with E-state index in [2.05, 4.69) is 213 Å². The molecule has 0 bridgehead atoms. The normalized spacial score (nSPS) is 17.0. The third kappa shape index (κ3) is 5.42. The van der Waals surface area contributed by atoms with E-state index in [4.69, 9.17) is 4.99 Å². The van der Waals surface area contributed by atoms with E-state index in [1.54, 1.807) is 0 Å². The van der Waals surface area contributed by atoms with Crippen molar-refractivity contribution < 1.29 is 0 Å². The Morgan fingerprint density at radius 2 is 1.09 bits per heavy atom. The van der Waals surface area contributed by atoms with Gasteiger partial charge in [0.2, 0.25) is 0 Å². The summed E-state index contributed by atoms with van der Waals surface area (Å²) < 4.78 is 4.78. The van der Waals surface area contributed by atoms with Crippen LogP contribution in [0.2, 0.25) is 0 Å². The SMILES string of the molecule is C1=C(C2=NC(c3ccccc3)NC(c3ccc(-c4ccccc4)cc3)N2)C=C(n2c3ccccc3c3cc4c5ccccc5n(-c5ccccc5)c4cc32)NC1. The van der Waals surface area contributed by atoms with Crippen LogP contribution in [0.15, 0.2) is 199 Å². The van der Waals surface area contributed by atoms with Crippen molar-refractivity contribution >= 4 is 55.3 Å². The highest BCUT2D eigenvalue weighted by atomic mass is 15.3. The van der Waals surface area contributed by atoms with Crippen LogP contribution >= 0.6 is 0 Å². The van der Waals surface area contributed by atoms with Crippen LogP contribution in [0, 0.1) is 0 Å². The lowest BCUT2D eigenvalue weighted by molar-refractivity contribution is 0.409. The molecule has 2 atom stereocenters. The summed E-state index contributed by atoms with van der Waals surface area (Å²) in [4.78, 5) is 5.31. The Labute approximate surface area is 324 Å². The molecule has 11 rings (SSSR count). The van der Waals surface area contributed by atoms with Crippen LogP contribution < -0.4 is 16.0 Å². The van der Waals surface area contributed by atoms with Gasteiger partial charge >= 0.3 is 0 Å². The molecule has 0 saturated carbocycles. The van der Waals surface area contributed by atoms with Gasteiger partial charge in [0.05, 0.1) is 22.1 Å². The predicted octanol–water partition coefficient (Wildman–Crippen LogP) is 10.9. The average molecular weight is 723 g/mol. The zero-order valence-corrected chi connectivity index (χ0v) is 30.6. The number of rotatable bonds is 6. The number of hydrogen-bond acceptors (Lipinski definition) is 4. The number of nitrogens with zero attached hydrogens (tertiary/aromatic N) is 3. The van der Waals surface area contributed by atoms with Gasteiger partial charge < -0.3 is 15.2 Å². The van der Waals surface area contributed by atoms with Gasteiger partial charge in [-0.15, -0.1) is 0 Å². The number of amidine groups is 1. The number of fused-ring (bicyclic) bond motifs is 6. The van der Waals surface area contributed by atoms with Crippen LogP contribution in [0.3, 0.4) is 0 Å². The lowest BCUT2D eigenvalue weighted by Crippen LogP contribution is -2.45. The van der Waals surface area contributed by atoms with Crippen molar-refractivity contribution in [2.24, 2.45) is 4.99 Å². The fraction of sp³-hybridized carbons (Fsp3) is 0.0600. The number of para-hydroxylation sites is 3. The Balaban J connectivity index is 1.04. The van der Waals surface area contributed by atoms with Gasteiger partial charge in [-0.3, -0.25) is 9.88 Å². The lowest BCUT2D eigenvalue weighted by atomic mass is 10.0. The second-order valence-electron chi connectivity index (χ2n) is 14.5. The zero-order valence-electron chi connectivity index (χ0n) is 30.6. The van der Waals surface area contributed by atoms with E-state index in [0.29, 0.717) is 6.54 Å². The number of aliphatic imine (C=N–C) groups is 1. The molecule has 0 radical (unpaired) electrons. The van der Waals surface area contributed by atoms with Gasteiger partial charge in [0.15, 0.2) is 0 Å². The van der Waals surface area contributed by atoms with E-state index in [1.807, 2.05) is 0 Å². The average Bonchev–Trinajstić information content (AvgIpc) is 3.78. The van der Waals surface area contributed by atoms with E-state index in [9.17, 15) is 0 Å². The summed E-state index contributed by atoms with van der Waals surface area (Å²) >= 11 is 0. The molecular formula is C50H38N6. The molecule has 6 heteroatoms. The first-order valence-electron chi connectivity index (χ1n) is 19.3. The summed E-state index contributed by atoms with van der Waals surface area (Å²) in [6, 6.07) is 62.8. The zero-order chi connectivity index (χ0) is 37.0. The van der Waals surface area contributed by atoms with Gasteiger partial charge in [0.25, 0.3) is 0 Å². The van der Waals surface area contributed by atoms with Crippen LogP contribution in [-0.2, 0) is 0 Å². The minimum atomic E-state index is -0.222. The molecule has 268 valence electrons. The van der Waals surface area contributed by atoms with Crippen molar-refractivity contribution in [1.82, 2.24) is 25.1 Å². The van der Waals surface area contributed by atoms with Crippen LogP contribution in [0.4, 0.5) is 0 Å². The maximum absolute atomic E-state index is 5.31. The Bertz CT molecular complexity index is 3010. The van der Waals surface area contributed by atoms with Crippen molar-refractivity contribution in [3.05, 3.63) is 205 Å². The third-order valence-corrected chi connectivity index (χ3v) is 11.2. The number of benzene rings is 7. The molecule has 2 aliphatic rings. The van der Waals surface area contributed by atoms with E-state index < -0.39 is 0 Å². The van der Waals surface area contributed by atoms with Crippen molar-refractivity contribution in [2.45, 2.75) is 12.3 Å². The Hall–Kier alpha value is -7.15. The van der Waals surface area contributed by atoms with E-state index in [0.717, 1.165) is 45.1 Å². The second-order valence-corrected chi connectivity index (χ2v) is 14.5. The van der Waals surface area contributed by atoms with Gasteiger partial charge in [-0.2, -0.15) is 0 Å². The van der Waals surface area contributed by atoms with Crippen molar-refractivity contribution in [3.8, 4) is 16.8 Å². The highest BCUT2D eigenvalue weighted by Gasteiger charge is 2.27. The number of dihydropyridines is 1. The summed E-state index contributed by atoms with van der Waals surface area (Å²) in [5, 5.41) is 16.3. The van der Waals surface area contributed by atoms with Crippen molar-refractivity contribution in [3.63, 3.8) is 0 Å². The summed E-state index contributed by atoms with van der Waals surface area (Å²) in [7, 11) is 0. The van der Waals surface area contributed by atoms with Crippen molar-refractivity contribution in [1.29, 1.82) is 0 Å². The number of nitrogens with one attached hydrogen (secondary N) is 3. The third-order valence-electron chi connectivity index (χ3n) is 11.2. The van der Waals surface area contributed by atoms with Gasteiger partial charge in [0, 0.05) is 39.4 Å². The Morgan fingerprint density at radius 1 is 0.500 bits per heavy atom. The highest BCUT2D eigenvalue weighted by molar-refractivity contribution is 6.19. The summed E-state index contributed by atoms with van der Waals surface area (Å²) in [5.74, 6) is 1.87. The summed E-state index contributed by atoms with van der Waals surface area (Å²) in [5.41, 5.74) is 11.6. The lowest BCUT2D eigenvalue weighted by Gasteiger charge is -2.33. The van der Waals surface area contributed by atoms with Gasteiger partial charge in [-0.05, 0) is 64.7 Å². The number of aromatic nitrogens is 2. The van der Waals surface area contributed by atoms with Crippen LogP contribution in [0.1, 0.15) is 23.5 Å². The van der Waals surface area contributed by atoms with Crippen LogP contribution in [0.25, 0.3) is 66.2 Å². The smallest absolute Gasteiger partial charge is 0.131 e. The fourth-order valence-electron chi connectivity index (χ4n) is 8.56. The molecule has 2 unspecified atom stereocenters. The standard InChI is InChI=1S/C50H38N6/c1-4-14-33(15-5-1)34-24-26-36(27-25-34)49-52-48(35-16-6-2-7-17-35)53-50(54-49)37-28-29-51-47(30-37)56-44-23-13-11-21-40(44)42-31-41-39-20-10-12-22-43(39)55(45(41)32-46(42)56)38-18-8-3-9-19-38/h1-28,30-32,48-49,51-52H,29H2,(H,53,54). The molecule has 2 aliphatic heterocycles. The fourth-order valence-corrected chi connectivity index (χ4v) is 8.56. The largest absolute Gasteiger partial charge is 0.368 e. The van der Waals surface area contributed by atoms with Gasteiger partial charge in [0.1, 0.15) is 24.0 Å². The van der Waals surface area contributed by atoms with E-state index in [1.165, 1.54) is 43.7 Å². The van der Waals surface area contributed by atoms with Crippen LogP contribution in [-0.4, -0.2) is 21.5 Å². The molecule has 6 nitrogen and oxygen atoms in total. The van der Waals surface area contributed by atoms with Gasteiger partial charge in [-0.1, -0.05) is 146 Å². The quantitative estimate of drug-likeness (QED) is 0.160. The molecule has 2 aromatic heterocycles. The molecule has 0 aliphatic carbocycles. The molecule has 4 heterocycles. The Kier molecular flexibility index (Phi) is 7.67. The monoisotopic (exact) mass is 722 g/mol. The summed E-state index contributed by atoms with van der Waals surface area (Å²) in [6.45, 7) is 0.669. The first kappa shape index (κ1) is 32.3. The minimum absolute atomic E-state index is 0.147. The first-order valence-corrected chi connectivity index (χ1v) is 19.3. The van der Waals surface area contributed by atoms with Crippen molar-refractivity contribution in [2.75, 3.05) is 6.54 Å². The highest BCUT2D eigenvalue weighted by Crippen LogP contribution is 2.40. The molecule has 0 saturated heterocycles. The van der Waals surface area contributed by atoms with E-state index >= 15 is 0 Å². The van der Waals surface area contributed by atoms with E-state index in [-0.39, 0.29) is 12.3 Å². The maximum Gasteiger partial charge on any atom is 0.131 e. The Morgan fingerprint density at radius 3 is 1.80 bits per heavy atom. The molecule has 9 aromatic rings. The molecular weight excluding hydrogens is 685 g/mol.